The van der Waals surface area contributed by atoms with Gasteiger partial charge in [-0.25, -0.2) is 17.6 Å². The van der Waals surface area contributed by atoms with E-state index in [9.17, 15) is 0 Å². The Morgan fingerprint density at radius 1 is 0.756 bits per heavy atom. The molecule has 1 saturated carbocycles. The molecule has 6 rings (SSSR count). The summed E-state index contributed by atoms with van der Waals surface area (Å²) in [4.78, 5) is 4.63. The van der Waals surface area contributed by atoms with Gasteiger partial charge >= 0.3 is 0 Å². The smallest absolute Gasteiger partial charge is 0.256 e. The molecule has 0 aliphatic heterocycles. The molecule has 0 amide bonds. The molecule has 0 spiro atoms. The van der Waals surface area contributed by atoms with Gasteiger partial charge in [0, 0.05) is 28.3 Å². The molecule has 1 fully saturated rings. The standard InChI is InChI=1S/C36H39F4N/c1-32(2,3)28-15-23(14-21-10-8-9-11-25(21)28)29-16-26-22(19-41-29)12-13-27-30(26)36(39,40)31(35(27,37)38)24-17-33(4,5)20-34(6,7)18-24/h8-16,19,24,31H,17-18,20H2,1-7H3. The number of hydrogen-bond donors (Lipinski definition) is 0. The second-order valence-corrected chi connectivity index (χ2v) is 15.2. The zero-order valence-electron chi connectivity index (χ0n) is 25.0. The van der Waals surface area contributed by atoms with Crippen molar-refractivity contribution in [2.75, 3.05) is 0 Å². The molecular weight excluding hydrogens is 522 g/mol. The van der Waals surface area contributed by atoms with Crippen molar-refractivity contribution in [2.24, 2.45) is 22.7 Å². The predicted molar refractivity (Wildman–Crippen MR) is 160 cm³/mol. The number of hydrogen-bond acceptors (Lipinski definition) is 1. The fourth-order valence-corrected chi connectivity index (χ4v) is 8.40. The number of nitrogens with zero attached hydrogens (tertiary/aromatic N) is 1. The number of alkyl halides is 4. The van der Waals surface area contributed by atoms with Crippen LogP contribution in [0.2, 0.25) is 0 Å². The molecule has 1 atom stereocenters. The third kappa shape index (κ3) is 4.55. The Hall–Kier alpha value is -2.95. The van der Waals surface area contributed by atoms with Crippen molar-refractivity contribution in [1.29, 1.82) is 0 Å². The van der Waals surface area contributed by atoms with Crippen LogP contribution in [0.5, 0.6) is 0 Å². The van der Waals surface area contributed by atoms with Gasteiger partial charge in [-0.05, 0) is 81.3 Å². The lowest BCUT2D eigenvalue weighted by atomic mass is 9.58. The summed E-state index contributed by atoms with van der Waals surface area (Å²) >= 11 is 0. The van der Waals surface area contributed by atoms with Gasteiger partial charge in [-0.15, -0.1) is 0 Å². The summed E-state index contributed by atoms with van der Waals surface area (Å²) in [6.07, 6.45) is 3.09. The summed E-state index contributed by atoms with van der Waals surface area (Å²) in [6.45, 7) is 14.5. The summed E-state index contributed by atoms with van der Waals surface area (Å²) < 4.78 is 65.6. The van der Waals surface area contributed by atoms with Gasteiger partial charge in [0.15, 0.2) is 0 Å². The van der Waals surface area contributed by atoms with Crippen LogP contribution in [0.3, 0.4) is 0 Å². The van der Waals surface area contributed by atoms with Crippen molar-refractivity contribution in [1.82, 2.24) is 4.98 Å². The highest BCUT2D eigenvalue weighted by molar-refractivity contribution is 5.94. The lowest BCUT2D eigenvalue weighted by Gasteiger charge is -2.48. The van der Waals surface area contributed by atoms with Crippen LogP contribution in [0, 0.1) is 22.7 Å². The zero-order chi connectivity index (χ0) is 29.8. The Bertz CT molecular complexity index is 1660. The molecule has 1 heterocycles. The normalized spacial score (nSPS) is 23.1. The van der Waals surface area contributed by atoms with Gasteiger partial charge in [0.25, 0.3) is 11.8 Å². The Labute approximate surface area is 240 Å². The average Bonchev–Trinajstić information content (AvgIpc) is 3.01. The first-order chi connectivity index (χ1) is 18.9. The minimum atomic E-state index is -3.68. The van der Waals surface area contributed by atoms with E-state index in [4.69, 9.17) is 0 Å². The van der Waals surface area contributed by atoms with Gasteiger partial charge in [-0.2, -0.15) is 0 Å². The second kappa shape index (κ2) is 8.78. The number of pyridine rings is 1. The number of rotatable bonds is 2. The van der Waals surface area contributed by atoms with E-state index in [0.29, 0.717) is 23.9 Å². The molecule has 4 aromatic rings. The second-order valence-electron chi connectivity index (χ2n) is 15.2. The predicted octanol–water partition coefficient (Wildman–Crippen LogP) is 11.0. The highest BCUT2D eigenvalue weighted by Crippen LogP contribution is 2.65. The van der Waals surface area contributed by atoms with Crippen LogP contribution in [-0.2, 0) is 17.3 Å². The van der Waals surface area contributed by atoms with Crippen LogP contribution >= 0.6 is 0 Å². The Morgan fingerprint density at radius 3 is 2.07 bits per heavy atom. The SMILES string of the molecule is CC1(C)CC(C2C(F)(F)c3ccc4cnc(-c5cc(C(C)(C)C)c6ccccc6c5)cc4c3C2(F)F)CC(C)(C)C1. The third-order valence-electron chi connectivity index (χ3n) is 9.40. The summed E-state index contributed by atoms with van der Waals surface area (Å²) in [7, 11) is 0. The molecule has 0 radical (unpaired) electrons. The van der Waals surface area contributed by atoms with E-state index in [1.165, 1.54) is 12.1 Å². The highest BCUT2D eigenvalue weighted by Gasteiger charge is 2.68. The molecule has 2 aliphatic rings. The average molecular weight is 562 g/mol. The van der Waals surface area contributed by atoms with Gasteiger partial charge in [0.05, 0.1) is 11.6 Å². The van der Waals surface area contributed by atoms with Crippen molar-refractivity contribution in [3.8, 4) is 11.3 Å². The highest BCUT2D eigenvalue weighted by atomic mass is 19.3. The number of fused-ring (bicyclic) bond motifs is 4. The molecule has 1 aromatic heterocycles. The van der Waals surface area contributed by atoms with Crippen LogP contribution < -0.4 is 0 Å². The van der Waals surface area contributed by atoms with Gasteiger partial charge in [-0.1, -0.05) is 84.9 Å². The van der Waals surface area contributed by atoms with E-state index in [-0.39, 0.29) is 21.6 Å². The first-order valence-corrected chi connectivity index (χ1v) is 14.6. The van der Waals surface area contributed by atoms with Crippen molar-refractivity contribution < 1.29 is 17.6 Å². The van der Waals surface area contributed by atoms with Crippen LogP contribution in [-0.4, -0.2) is 4.98 Å². The lowest BCUT2D eigenvalue weighted by Crippen LogP contribution is -2.44. The molecule has 41 heavy (non-hydrogen) atoms. The van der Waals surface area contributed by atoms with Crippen molar-refractivity contribution >= 4 is 21.5 Å². The Balaban J connectivity index is 1.53. The summed E-state index contributed by atoms with van der Waals surface area (Å²) in [5, 5.41) is 2.76. The molecule has 0 bridgehead atoms. The van der Waals surface area contributed by atoms with Gasteiger partial charge in [0.1, 0.15) is 0 Å². The van der Waals surface area contributed by atoms with E-state index in [1.807, 2.05) is 52.0 Å². The topological polar surface area (TPSA) is 12.9 Å². The van der Waals surface area contributed by atoms with E-state index < -0.39 is 34.8 Å². The number of halogens is 4. The monoisotopic (exact) mass is 561 g/mol. The van der Waals surface area contributed by atoms with Crippen molar-refractivity contribution in [3.63, 3.8) is 0 Å². The fraction of sp³-hybridized carbons (Fsp3) is 0.472. The van der Waals surface area contributed by atoms with Gasteiger partial charge in [0.2, 0.25) is 0 Å². The molecule has 0 N–H and O–H groups in total. The molecule has 1 nitrogen and oxygen atoms in total. The van der Waals surface area contributed by atoms with Crippen LogP contribution in [0.15, 0.2) is 60.8 Å². The molecule has 1 unspecified atom stereocenters. The zero-order valence-corrected chi connectivity index (χ0v) is 25.0. The Kier molecular flexibility index (Phi) is 6.04. The summed E-state index contributed by atoms with van der Waals surface area (Å²) in [5.74, 6) is -10.2. The minimum absolute atomic E-state index is 0.166. The van der Waals surface area contributed by atoms with Gasteiger partial charge < -0.3 is 0 Å². The van der Waals surface area contributed by atoms with E-state index in [0.717, 1.165) is 28.3 Å². The van der Waals surface area contributed by atoms with Crippen molar-refractivity contribution in [2.45, 2.75) is 85.0 Å². The van der Waals surface area contributed by atoms with E-state index in [2.05, 4.69) is 37.9 Å². The van der Waals surface area contributed by atoms with E-state index >= 15 is 17.6 Å². The van der Waals surface area contributed by atoms with Crippen LogP contribution in [0.1, 0.15) is 84.4 Å². The molecule has 216 valence electrons. The maximum Gasteiger partial charge on any atom is 0.283 e. The maximum atomic E-state index is 16.6. The largest absolute Gasteiger partial charge is 0.283 e. The Morgan fingerprint density at radius 2 is 1.41 bits per heavy atom. The molecule has 5 heteroatoms. The van der Waals surface area contributed by atoms with Crippen LogP contribution in [0.25, 0.3) is 32.8 Å². The quantitative estimate of drug-likeness (QED) is 0.222. The molecule has 3 aromatic carbocycles. The van der Waals surface area contributed by atoms with Gasteiger partial charge in [-0.3, -0.25) is 4.98 Å². The maximum absolute atomic E-state index is 16.6. The van der Waals surface area contributed by atoms with Crippen LogP contribution in [0.4, 0.5) is 17.6 Å². The first-order valence-electron chi connectivity index (χ1n) is 14.6. The minimum Gasteiger partial charge on any atom is -0.256 e. The third-order valence-corrected chi connectivity index (χ3v) is 9.40. The molecule has 0 saturated heterocycles. The fourth-order valence-electron chi connectivity index (χ4n) is 8.40. The summed E-state index contributed by atoms with van der Waals surface area (Å²) in [6, 6.07) is 16.5. The number of benzene rings is 3. The summed E-state index contributed by atoms with van der Waals surface area (Å²) in [5.41, 5.74) is 0.612. The van der Waals surface area contributed by atoms with E-state index in [1.54, 1.807) is 12.3 Å². The molecular formula is C36H39F4N. The number of aromatic nitrogens is 1. The lowest BCUT2D eigenvalue weighted by molar-refractivity contribution is -0.195. The van der Waals surface area contributed by atoms with Crippen molar-refractivity contribution in [3.05, 3.63) is 77.5 Å². The molecule has 2 aliphatic carbocycles. The first kappa shape index (κ1) is 28.2.